The lowest BCUT2D eigenvalue weighted by molar-refractivity contribution is 0.00936. The topological polar surface area (TPSA) is 75.7 Å². The summed E-state index contributed by atoms with van der Waals surface area (Å²) in [7, 11) is 0. The second kappa shape index (κ2) is 6.37. The quantitative estimate of drug-likeness (QED) is 0.480. The van der Waals surface area contributed by atoms with E-state index in [1.165, 1.54) is 0 Å². The van der Waals surface area contributed by atoms with Gasteiger partial charge in [0.25, 0.3) is 0 Å². The molecule has 4 nitrogen and oxygen atoms in total. The van der Waals surface area contributed by atoms with Gasteiger partial charge in [-0.25, -0.2) is 5.90 Å². The lowest BCUT2D eigenvalue weighted by Gasteiger charge is -2.28. The van der Waals surface area contributed by atoms with Crippen molar-refractivity contribution in [1.29, 1.82) is 0 Å². The van der Waals surface area contributed by atoms with E-state index in [2.05, 4.69) is 4.84 Å². The van der Waals surface area contributed by atoms with E-state index in [9.17, 15) is 0 Å². The highest BCUT2D eigenvalue weighted by Gasteiger charge is 2.27. The third kappa shape index (κ3) is 3.49. The monoisotopic (exact) mass is 177 g/mol. The van der Waals surface area contributed by atoms with E-state index in [4.69, 9.17) is 16.1 Å². The first-order valence-electron chi connectivity index (χ1n) is 4.28. The molecule has 0 heterocycles. The number of nitrogens with two attached hydrogens (primary N) is 1. The van der Waals surface area contributed by atoms with E-state index in [0.717, 1.165) is 12.8 Å². The normalized spacial score (nSPS) is 12.0. The van der Waals surface area contributed by atoms with Crippen LogP contribution in [0.2, 0.25) is 0 Å². The second-order valence-corrected chi connectivity index (χ2v) is 3.19. The van der Waals surface area contributed by atoms with Crippen LogP contribution in [-0.2, 0) is 4.84 Å². The van der Waals surface area contributed by atoms with E-state index < -0.39 is 5.41 Å². The molecule has 0 aromatic rings. The number of rotatable bonds is 7. The van der Waals surface area contributed by atoms with E-state index >= 15 is 0 Å². The van der Waals surface area contributed by atoms with Crippen LogP contribution in [0.1, 0.15) is 26.2 Å². The van der Waals surface area contributed by atoms with Crippen LogP contribution in [0.15, 0.2) is 0 Å². The van der Waals surface area contributed by atoms with Gasteiger partial charge in [-0.15, -0.1) is 0 Å². The molecule has 0 aromatic heterocycles. The van der Waals surface area contributed by atoms with E-state index in [0.29, 0.717) is 13.0 Å². The summed E-state index contributed by atoms with van der Waals surface area (Å²) in [6, 6.07) is 0. The SMILES string of the molecule is CCCC(CO)(CO)CCON. The zero-order chi connectivity index (χ0) is 9.45. The Balaban J connectivity index is 3.95. The molecule has 0 bridgehead atoms. The van der Waals surface area contributed by atoms with Gasteiger partial charge in [0.05, 0.1) is 19.8 Å². The molecule has 0 radical (unpaired) electrons. The predicted octanol–water partition coefficient (Wildman–Crippen LogP) is 0.0379. The Morgan fingerprint density at radius 1 is 1.25 bits per heavy atom. The summed E-state index contributed by atoms with van der Waals surface area (Å²) in [5.41, 5.74) is -0.409. The zero-order valence-electron chi connectivity index (χ0n) is 7.62. The Kier molecular flexibility index (Phi) is 6.28. The molecule has 0 amide bonds. The van der Waals surface area contributed by atoms with Crippen molar-refractivity contribution in [2.75, 3.05) is 19.8 Å². The maximum atomic E-state index is 9.08. The number of aliphatic hydroxyl groups is 2. The number of hydrogen-bond acceptors (Lipinski definition) is 4. The van der Waals surface area contributed by atoms with Crippen LogP contribution in [-0.4, -0.2) is 30.0 Å². The Bertz CT molecular complexity index is 104. The fraction of sp³-hybridized carbons (Fsp3) is 1.00. The Labute approximate surface area is 73.3 Å². The van der Waals surface area contributed by atoms with Gasteiger partial charge in [-0.05, 0) is 12.8 Å². The Morgan fingerprint density at radius 3 is 2.17 bits per heavy atom. The summed E-state index contributed by atoms with van der Waals surface area (Å²) in [4.78, 5) is 4.43. The van der Waals surface area contributed by atoms with Crippen molar-refractivity contribution in [3.63, 3.8) is 0 Å². The molecule has 0 spiro atoms. The van der Waals surface area contributed by atoms with Crippen molar-refractivity contribution in [2.45, 2.75) is 26.2 Å². The minimum atomic E-state index is -0.409. The molecule has 12 heavy (non-hydrogen) atoms. The van der Waals surface area contributed by atoms with Gasteiger partial charge in [-0.2, -0.15) is 0 Å². The molecule has 0 rings (SSSR count). The third-order valence-electron chi connectivity index (χ3n) is 2.20. The molecule has 0 unspecified atom stereocenters. The summed E-state index contributed by atoms with van der Waals surface area (Å²) < 4.78 is 0. The molecule has 0 aliphatic carbocycles. The third-order valence-corrected chi connectivity index (χ3v) is 2.20. The van der Waals surface area contributed by atoms with Gasteiger partial charge in [0.2, 0.25) is 0 Å². The molecule has 0 aliphatic heterocycles. The highest BCUT2D eigenvalue weighted by molar-refractivity contribution is 4.76. The minimum absolute atomic E-state index is 0.0132. The Morgan fingerprint density at radius 2 is 1.83 bits per heavy atom. The molecular formula is C8H19NO3. The number of aliphatic hydroxyl groups excluding tert-OH is 2. The van der Waals surface area contributed by atoms with Gasteiger partial charge < -0.3 is 15.1 Å². The van der Waals surface area contributed by atoms with Crippen LogP contribution in [0, 0.1) is 5.41 Å². The lowest BCUT2D eigenvalue weighted by Crippen LogP contribution is -2.31. The van der Waals surface area contributed by atoms with Gasteiger partial charge in [0.15, 0.2) is 0 Å². The molecule has 74 valence electrons. The second-order valence-electron chi connectivity index (χ2n) is 3.19. The maximum Gasteiger partial charge on any atom is 0.0686 e. The molecule has 0 aromatic carbocycles. The lowest BCUT2D eigenvalue weighted by atomic mass is 9.82. The first-order chi connectivity index (χ1) is 5.74. The zero-order valence-corrected chi connectivity index (χ0v) is 7.62. The van der Waals surface area contributed by atoms with Gasteiger partial charge in [-0.1, -0.05) is 13.3 Å². The van der Waals surface area contributed by atoms with E-state index in [1.54, 1.807) is 0 Å². The van der Waals surface area contributed by atoms with Crippen molar-refractivity contribution in [3.05, 3.63) is 0 Å². The number of hydrogen-bond donors (Lipinski definition) is 3. The standard InChI is InChI=1S/C8H19NO3/c1-2-3-8(6-10,7-11)4-5-12-9/h10-11H,2-7,9H2,1H3. The summed E-state index contributed by atoms with van der Waals surface area (Å²) in [5.74, 6) is 4.88. The molecule has 0 aliphatic rings. The first-order valence-corrected chi connectivity index (χ1v) is 4.28. The maximum absolute atomic E-state index is 9.08. The molecule has 4 heteroatoms. The smallest absolute Gasteiger partial charge is 0.0686 e. The van der Waals surface area contributed by atoms with Gasteiger partial charge in [0, 0.05) is 5.41 Å². The molecule has 0 saturated carbocycles. The van der Waals surface area contributed by atoms with E-state index in [1.807, 2.05) is 6.92 Å². The van der Waals surface area contributed by atoms with Crippen molar-refractivity contribution >= 4 is 0 Å². The van der Waals surface area contributed by atoms with Crippen LogP contribution in [0.4, 0.5) is 0 Å². The molecule has 0 saturated heterocycles. The first kappa shape index (κ1) is 11.8. The van der Waals surface area contributed by atoms with Crippen LogP contribution >= 0.6 is 0 Å². The minimum Gasteiger partial charge on any atom is -0.396 e. The molecule has 0 fully saturated rings. The fourth-order valence-electron chi connectivity index (χ4n) is 1.30. The van der Waals surface area contributed by atoms with Gasteiger partial charge in [0.1, 0.15) is 0 Å². The predicted molar refractivity (Wildman–Crippen MR) is 46.3 cm³/mol. The molecule has 0 atom stereocenters. The summed E-state index contributed by atoms with van der Waals surface area (Å²) in [6.07, 6.45) is 2.33. The molecular weight excluding hydrogens is 158 g/mol. The summed E-state index contributed by atoms with van der Waals surface area (Å²) in [5, 5.41) is 18.2. The van der Waals surface area contributed by atoms with Crippen molar-refractivity contribution in [1.82, 2.24) is 0 Å². The van der Waals surface area contributed by atoms with Crippen molar-refractivity contribution < 1.29 is 15.1 Å². The Hall–Kier alpha value is -0.160. The molecule has 4 N–H and O–H groups in total. The van der Waals surface area contributed by atoms with Crippen LogP contribution in [0.5, 0.6) is 0 Å². The fourth-order valence-corrected chi connectivity index (χ4v) is 1.30. The average molecular weight is 177 g/mol. The largest absolute Gasteiger partial charge is 0.396 e. The summed E-state index contributed by atoms with van der Waals surface area (Å²) in [6.45, 7) is 2.37. The highest BCUT2D eigenvalue weighted by atomic mass is 16.6. The van der Waals surface area contributed by atoms with Crippen LogP contribution < -0.4 is 5.90 Å². The summed E-state index contributed by atoms with van der Waals surface area (Å²) >= 11 is 0. The highest BCUT2D eigenvalue weighted by Crippen LogP contribution is 2.26. The van der Waals surface area contributed by atoms with Crippen molar-refractivity contribution in [3.8, 4) is 0 Å². The van der Waals surface area contributed by atoms with Crippen LogP contribution in [0.3, 0.4) is 0 Å². The van der Waals surface area contributed by atoms with Crippen LogP contribution in [0.25, 0.3) is 0 Å². The van der Waals surface area contributed by atoms with Gasteiger partial charge in [-0.3, -0.25) is 0 Å². The van der Waals surface area contributed by atoms with E-state index in [-0.39, 0.29) is 13.2 Å². The van der Waals surface area contributed by atoms with Gasteiger partial charge >= 0.3 is 0 Å². The average Bonchev–Trinajstić information content (AvgIpc) is 2.13. The van der Waals surface area contributed by atoms with Crippen molar-refractivity contribution in [2.24, 2.45) is 11.3 Å².